The smallest absolute Gasteiger partial charge is 0.249 e. The number of carbonyl (C=O) groups excluding carboxylic acids is 1. The monoisotopic (exact) mass is 331 g/mol. The maximum absolute atomic E-state index is 12.6. The van der Waals surface area contributed by atoms with E-state index in [0.717, 1.165) is 5.56 Å². The summed E-state index contributed by atoms with van der Waals surface area (Å²) in [5.41, 5.74) is 2.18. The molecular weight excluding hydrogens is 317 g/mol. The van der Waals surface area contributed by atoms with E-state index in [1.54, 1.807) is 43.0 Å². The predicted octanol–water partition coefficient (Wildman–Crippen LogP) is 5.00. The van der Waals surface area contributed by atoms with Gasteiger partial charge in [0.2, 0.25) is 5.91 Å². The minimum absolute atomic E-state index is 0.214. The Bertz CT molecular complexity index is 727. The first-order valence-corrected chi connectivity index (χ1v) is 7.61. The molecule has 2 aromatic carbocycles. The number of alkyl halides is 1. The highest BCUT2D eigenvalue weighted by molar-refractivity contribution is 6.33. The highest BCUT2D eigenvalue weighted by atomic mass is 35.5. The van der Waals surface area contributed by atoms with Crippen molar-refractivity contribution in [1.82, 2.24) is 0 Å². The summed E-state index contributed by atoms with van der Waals surface area (Å²) in [7, 11) is 0. The molecule has 0 saturated heterocycles. The normalized spacial score (nSPS) is 11.3. The average Bonchev–Trinajstić information content (AvgIpc) is 2.51. The molecule has 0 aromatic heterocycles. The molecule has 1 amide bonds. The Labute approximate surface area is 140 Å². The van der Waals surface area contributed by atoms with Gasteiger partial charge in [-0.25, -0.2) is 0 Å². The van der Waals surface area contributed by atoms with E-state index in [2.05, 4.69) is 11.8 Å². The molecule has 22 heavy (non-hydrogen) atoms. The van der Waals surface area contributed by atoms with Gasteiger partial charge in [-0.2, -0.15) is 0 Å². The van der Waals surface area contributed by atoms with Crippen LogP contribution < -0.4 is 4.90 Å². The van der Waals surface area contributed by atoms with Gasteiger partial charge in [-0.05, 0) is 50.2 Å². The number of hydrogen-bond donors (Lipinski definition) is 0. The molecule has 0 fully saturated rings. The SMILES string of the molecule is CC#Cc1ccccc1N(C(=O)C(C)Cl)c1ccc(Cl)cc1. The molecule has 0 radical (unpaired) electrons. The van der Waals surface area contributed by atoms with E-state index in [9.17, 15) is 4.79 Å². The lowest BCUT2D eigenvalue weighted by molar-refractivity contribution is -0.117. The summed E-state index contributed by atoms with van der Waals surface area (Å²) in [6.07, 6.45) is 0. The number of nitrogens with zero attached hydrogens (tertiary/aromatic N) is 1. The van der Waals surface area contributed by atoms with Crippen LogP contribution in [0.25, 0.3) is 0 Å². The van der Waals surface area contributed by atoms with Crippen LogP contribution >= 0.6 is 23.2 Å². The molecule has 0 heterocycles. The lowest BCUT2D eigenvalue weighted by Crippen LogP contribution is -2.32. The fourth-order valence-electron chi connectivity index (χ4n) is 2.06. The quantitative estimate of drug-likeness (QED) is 0.572. The molecule has 2 nitrogen and oxygen atoms in total. The van der Waals surface area contributed by atoms with Crippen molar-refractivity contribution in [2.45, 2.75) is 19.2 Å². The van der Waals surface area contributed by atoms with Gasteiger partial charge in [-0.1, -0.05) is 29.7 Å². The van der Waals surface area contributed by atoms with E-state index in [1.807, 2.05) is 24.3 Å². The second kappa shape index (κ2) is 7.35. The number of anilines is 2. The summed E-state index contributed by atoms with van der Waals surface area (Å²) in [5, 5.41) is -0.0463. The van der Waals surface area contributed by atoms with E-state index in [4.69, 9.17) is 23.2 Å². The molecule has 1 unspecified atom stereocenters. The Morgan fingerprint density at radius 2 is 1.77 bits per heavy atom. The Morgan fingerprint density at radius 1 is 1.14 bits per heavy atom. The molecule has 112 valence electrons. The second-order valence-corrected chi connectivity index (χ2v) is 5.75. The minimum Gasteiger partial charge on any atom is -0.279 e. The molecule has 0 saturated carbocycles. The van der Waals surface area contributed by atoms with Gasteiger partial charge in [0, 0.05) is 16.3 Å². The van der Waals surface area contributed by atoms with Crippen LogP contribution in [-0.2, 0) is 4.79 Å². The van der Waals surface area contributed by atoms with Gasteiger partial charge in [0.15, 0.2) is 0 Å². The van der Waals surface area contributed by atoms with Gasteiger partial charge >= 0.3 is 0 Å². The van der Waals surface area contributed by atoms with Crippen LogP contribution in [0.1, 0.15) is 19.4 Å². The van der Waals surface area contributed by atoms with Crippen molar-refractivity contribution in [2.75, 3.05) is 4.90 Å². The van der Waals surface area contributed by atoms with Crippen LogP contribution in [0.3, 0.4) is 0 Å². The summed E-state index contributed by atoms with van der Waals surface area (Å²) >= 11 is 12.0. The maximum Gasteiger partial charge on any atom is 0.249 e. The standard InChI is InChI=1S/C18H15Cl2NO/c1-3-6-14-7-4-5-8-17(14)21(18(22)13(2)19)16-11-9-15(20)10-12-16/h4-5,7-13H,1-2H3. The van der Waals surface area contributed by atoms with E-state index in [1.165, 1.54) is 0 Å². The van der Waals surface area contributed by atoms with Gasteiger partial charge in [0.1, 0.15) is 5.38 Å². The highest BCUT2D eigenvalue weighted by Crippen LogP contribution is 2.30. The van der Waals surface area contributed by atoms with Crippen LogP contribution in [0, 0.1) is 11.8 Å². The van der Waals surface area contributed by atoms with Crippen molar-refractivity contribution in [1.29, 1.82) is 0 Å². The molecule has 0 N–H and O–H groups in total. The molecule has 2 rings (SSSR count). The number of hydrogen-bond acceptors (Lipinski definition) is 1. The third-order valence-electron chi connectivity index (χ3n) is 3.05. The maximum atomic E-state index is 12.6. The van der Waals surface area contributed by atoms with Crippen molar-refractivity contribution >= 4 is 40.5 Å². The van der Waals surface area contributed by atoms with Gasteiger partial charge in [-0.15, -0.1) is 17.5 Å². The van der Waals surface area contributed by atoms with E-state index < -0.39 is 5.38 Å². The number of benzene rings is 2. The molecule has 0 spiro atoms. The molecule has 0 aliphatic carbocycles. The van der Waals surface area contributed by atoms with Crippen LogP contribution in [0.4, 0.5) is 11.4 Å². The summed E-state index contributed by atoms with van der Waals surface area (Å²) < 4.78 is 0. The first kappa shape index (κ1) is 16.4. The van der Waals surface area contributed by atoms with Crippen LogP contribution in [0.15, 0.2) is 48.5 Å². The zero-order chi connectivity index (χ0) is 16.1. The lowest BCUT2D eigenvalue weighted by atomic mass is 10.1. The van der Waals surface area contributed by atoms with E-state index in [0.29, 0.717) is 16.4 Å². The molecule has 0 bridgehead atoms. The zero-order valence-electron chi connectivity index (χ0n) is 12.3. The Hall–Kier alpha value is -1.95. The summed E-state index contributed by atoms with van der Waals surface area (Å²) in [4.78, 5) is 14.2. The van der Waals surface area contributed by atoms with Crippen molar-refractivity contribution < 1.29 is 4.79 Å². The van der Waals surface area contributed by atoms with Crippen molar-refractivity contribution in [2.24, 2.45) is 0 Å². The topological polar surface area (TPSA) is 20.3 Å². The molecule has 2 aromatic rings. The first-order chi connectivity index (χ1) is 10.5. The van der Waals surface area contributed by atoms with Crippen LogP contribution in [0.2, 0.25) is 5.02 Å². The fraction of sp³-hybridized carbons (Fsp3) is 0.167. The predicted molar refractivity (Wildman–Crippen MR) is 92.9 cm³/mol. The van der Waals surface area contributed by atoms with Crippen LogP contribution in [-0.4, -0.2) is 11.3 Å². The summed E-state index contributed by atoms with van der Waals surface area (Å²) in [6, 6.07) is 14.5. The molecular formula is C18H15Cl2NO. The largest absolute Gasteiger partial charge is 0.279 e. The van der Waals surface area contributed by atoms with E-state index in [-0.39, 0.29) is 5.91 Å². The van der Waals surface area contributed by atoms with Crippen molar-refractivity contribution in [3.8, 4) is 11.8 Å². The molecule has 0 aliphatic heterocycles. The first-order valence-electron chi connectivity index (χ1n) is 6.80. The fourth-order valence-corrected chi connectivity index (χ4v) is 2.29. The van der Waals surface area contributed by atoms with Gasteiger partial charge in [0.25, 0.3) is 0 Å². The Kier molecular flexibility index (Phi) is 5.49. The van der Waals surface area contributed by atoms with Gasteiger partial charge in [-0.3, -0.25) is 9.69 Å². The Balaban J connectivity index is 2.61. The molecule has 0 aliphatic rings. The van der Waals surface area contributed by atoms with E-state index >= 15 is 0 Å². The van der Waals surface area contributed by atoms with Gasteiger partial charge in [0.05, 0.1) is 5.69 Å². The highest BCUT2D eigenvalue weighted by Gasteiger charge is 2.23. The number of halogens is 2. The number of para-hydroxylation sites is 1. The summed E-state index contributed by atoms with van der Waals surface area (Å²) in [6.45, 7) is 3.41. The second-order valence-electron chi connectivity index (χ2n) is 4.66. The average molecular weight is 332 g/mol. The molecule has 1 atom stereocenters. The third kappa shape index (κ3) is 3.62. The summed E-state index contributed by atoms with van der Waals surface area (Å²) in [5.74, 6) is 5.67. The van der Waals surface area contributed by atoms with Crippen molar-refractivity contribution in [3.05, 3.63) is 59.1 Å². The number of amides is 1. The van der Waals surface area contributed by atoms with Crippen molar-refractivity contribution in [3.63, 3.8) is 0 Å². The minimum atomic E-state index is -0.654. The Morgan fingerprint density at radius 3 is 2.36 bits per heavy atom. The number of rotatable bonds is 3. The van der Waals surface area contributed by atoms with Crippen LogP contribution in [0.5, 0.6) is 0 Å². The zero-order valence-corrected chi connectivity index (χ0v) is 13.8. The lowest BCUT2D eigenvalue weighted by Gasteiger charge is -2.25. The number of carbonyl (C=O) groups is 1. The van der Waals surface area contributed by atoms with Gasteiger partial charge < -0.3 is 0 Å². The molecule has 4 heteroatoms. The third-order valence-corrected chi connectivity index (χ3v) is 3.49.